The van der Waals surface area contributed by atoms with Gasteiger partial charge in [0.2, 0.25) is 0 Å². The lowest BCUT2D eigenvalue weighted by Crippen LogP contribution is -2.29. The van der Waals surface area contributed by atoms with Gasteiger partial charge in [-0.1, -0.05) is 13.8 Å². The first-order chi connectivity index (χ1) is 10.8. The van der Waals surface area contributed by atoms with Crippen molar-refractivity contribution in [1.29, 1.82) is 0 Å². The fourth-order valence-corrected chi connectivity index (χ4v) is 3.61. The zero-order valence-corrected chi connectivity index (χ0v) is 13.7. The molecule has 0 aromatic heterocycles. The summed E-state index contributed by atoms with van der Waals surface area (Å²) >= 11 is 0. The maximum Gasteiger partial charge on any atom is 0.348 e. The van der Waals surface area contributed by atoms with Crippen LogP contribution in [-0.4, -0.2) is 24.3 Å². The van der Waals surface area contributed by atoms with Crippen LogP contribution in [0.4, 0.5) is 0 Å². The van der Waals surface area contributed by atoms with E-state index in [1.165, 1.54) is 7.11 Å². The van der Waals surface area contributed by atoms with E-state index in [9.17, 15) is 9.90 Å². The highest BCUT2D eigenvalue weighted by Crippen LogP contribution is 2.58. The van der Waals surface area contributed by atoms with Crippen molar-refractivity contribution in [3.05, 3.63) is 22.8 Å². The lowest BCUT2D eigenvalue weighted by Gasteiger charge is -2.23. The summed E-state index contributed by atoms with van der Waals surface area (Å²) < 4.78 is 16.8. The van der Waals surface area contributed by atoms with E-state index in [1.54, 1.807) is 0 Å². The van der Waals surface area contributed by atoms with Crippen LogP contribution in [0.3, 0.4) is 0 Å². The number of aryl methyl sites for hydroxylation is 1. The van der Waals surface area contributed by atoms with Gasteiger partial charge in [0.25, 0.3) is 0 Å². The van der Waals surface area contributed by atoms with Crippen molar-refractivity contribution in [2.45, 2.75) is 39.2 Å². The summed E-state index contributed by atoms with van der Waals surface area (Å²) in [6.07, 6.45) is -0.109. The van der Waals surface area contributed by atoms with Crippen molar-refractivity contribution < 1.29 is 24.1 Å². The third kappa shape index (κ3) is 1.49. The summed E-state index contributed by atoms with van der Waals surface area (Å²) in [4.78, 5) is 12.4. The van der Waals surface area contributed by atoms with Crippen LogP contribution in [0.15, 0.2) is 6.07 Å². The summed E-state index contributed by atoms with van der Waals surface area (Å²) in [6.45, 7) is 7.91. The van der Waals surface area contributed by atoms with Crippen LogP contribution in [0.25, 0.3) is 10.8 Å². The molecule has 1 N–H and O–H groups in total. The Morgan fingerprint density at radius 1 is 1.26 bits per heavy atom. The second kappa shape index (κ2) is 4.10. The molecule has 5 heteroatoms. The van der Waals surface area contributed by atoms with Gasteiger partial charge in [0.05, 0.1) is 12.5 Å². The Morgan fingerprint density at radius 3 is 2.61 bits per heavy atom. The standard InChI is InChI=1S/C18H18O5/c1-7-6-9(21-5)15-11-10(7)16-13(18(3,4)8(2)22-16)14(19)12(11)17(20)23-15/h6,8,19H,1-5H3/t8-/m0/s1. The van der Waals surface area contributed by atoms with Crippen LogP contribution in [-0.2, 0) is 5.41 Å². The minimum Gasteiger partial charge on any atom is -0.507 e. The Labute approximate surface area is 133 Å². The van der Waals surface area contributed by atoms with Crippen LogP contribution in [0, 0.1) is 6.92 Å². The monoisotopic (exact) mass is 314 g/mol. The van der Waals surface area contributed by atoms with Gasteiger partial charge in [-0.15, -0.1) is 0 Å². The molecule has 0 radical (unpaired) electrons. The summed E-state index contributed by atoms with van der Waals surface area (Å²) in [5.41, 5.74) is 1.40. The van der Waals surface area contributed by atoms with Gasteiger partial charge in [0, 0.05) is 16.4 Å². The molecular formula is C18H18O5. The van der Waals surface area contributed by atoms with E-state index in [-0.39, 0.29) is 17.4 Å². The number of aromatic hydroxyl groups is 1. The lowest BCUT2D eigenvalue weighted by molar-refractivity contribution is 0.0747. The first-order valence-electron chi connectivity index (χ1n) is 7.58. The summed E-state index contributed by atoms with van der Waals surface area (Å²) in [6, 6.07) is 1.83. The zero-order valence-electron chi connectivity index (χ0n) is 13.7. The van der Waals surface area contributed by atoms with E-state index >= 15 is 0 Å². The van der Waals surface area contributed by atoms with Gasteiger partial charge in [-0.3, -0.25) is 0 Å². The summed E-state index contributed by atoms with van der Waals surface area (Å²) in [5.74, 6) is 0.875. The maximum atomic E-state index is 12.4. The molecule has 120 valence electrons. The number of benzene rings is 2. The Balaban J connectivity index is 2.26. The normalized spacial score (nSPS) is 20.4. The molecule has 0 bridgehead atoms. The molecule has 2 aliphatic heterocycles. The number of esters is 1. The van der Waals surface area contributed by atoms with Crippen molar-refractivity contribution in [1.82, 2.24) is 0 Å². The molecule has 0 unspecified atom stereocenters. The SMILES string of the molecule is COc1cc(C)c2c3c(c(O)c4c2c1OC4=O)C(C)(C)[C@H](C)O3. The molecule has 23 heavy (non-hydrogen) atoms. The molecule has 2 aromatic rings. The molecule has 1 atom stereocenters. The number of phenols is 1. The summed E-state index contributed by atoms with van der Waals surface area (Å²) in [7, 11) is 1.53. The minimum atomic E-state index is -0.551. The average molecular weight is 314 g/mol. The molecule has 0 aliphatic carbocycles. The first-order valence-corrected chi connectivity index (χ1v) is 7.58. The zero-order chi connectivity index (χ0) is 16.7. The second-order valence-corrected chi connectivity index (χ2v) is 6.77. The number of hydrogen-bond acceptors (Lipinski definition) is 5. The molecule has 2 heterocycles. The second-order valence-electron chi connectivity index (χ2n) is 6.77. The lowest BCUT2D eigenvalue weighted by atomic mass is 9.79. The Morgan fingerprint density at radius 2 is 1.96 bits per heavy atom. The van der Waals surface area contributed by atoms with Gasteiger partial charge in [-0.05, 0) is 25.5 Å². The molecule has 2 aromatic carbocycles. The van der Waals surface area contributed by atoms with E-state index in [0.29, 0.717) is 28.2 Å². The third-order valence-electron chi connectivity index (χ3n) is 5.19. The van der Waals surface area contributed by atoms with Gasteiger partial charge < -0.3 is 19.3 Å². The predicted molar refractivity (Wildman–Crippen MR) is 85.0 cm³/mol. The molecule has 0 saturated carbocycles. The van der Waals surface area contributed by atoms with E-state index in [0.717, 1.165) is 10.9 Å². The van der Waals surface area contributed by atoms with Gasteiger partial charge in [-0.25, -0.2) is 4.79 Å². The predicted octanol–water partition coefficient (Wildman–Crippen LogP) is 3.45. The highest BCUT2D eigenvalue weighted by Gasteiger charge is 2.46. The molecular weight excluding hydrogens is 296 g/mol. The van der Waals surface area contributed by atoms with Crippen LogP contribution in [0.2, 0.25) is 0 Å². The number of hydrogen-bond donors (Lipinski definition) is 1. The minimum absolute atomic E-state index is 0.0433. The fraction of sp³-hybridized carbons (Fsp3) is 0.389. The van der Waals surface area contributed by atoms with Crippen molar-refractivity contribution in [3.8, 4) is 23.0 Å². The van der Waals surface area contributed by atoms with Gasteiger partial charge >= 0.3 is 5.97 Å². The van der Waals surface area contributed by atoms with Crippen LogP contribution >= 0.6 is 0 Å². The summed E-state index contributed by atoms with van der Waals surface area (Å²) in [5, 5.41) is 12.2. The van der Waals surface area contributed by atoms with Crippen LogP contribution in [0.5, 0.6) is 23.0 Å². The third-order valence-corrected chi connectivity index (χ3v) is 5.19. The smallest absolute Gasteiger partial charge is 0.348 e. The van der Waals surface area contributed by atoms with Crippen molar-refractivity contribution >= 4 is 16.7 Å². The number of carbonyl (C=O) groups excluding carboxylic acids is 1. The van der Waals surface area contributed by atoms with Crippen molar-refractivity contribution in [2.24, 2.45) is 0 Å². The van der Waals surface area contributed by atoms with Gasteiger partial charge in [0.1, 0.15) is 23.2 Å². The molecule has 5 nitrogen and oxygen atoms in total. The van der Waals surface area contributed by atoms with Crippen molar-refractivity contribution in [3.63, 3.8) is 0 Å². The van der Waals surface area contributed by atoms with E-state index in [4.69, 9.17) is 14.2 Å². The van der Waals surface area contributed by atoms with Crippen molar-refractivity contribution in [2.75, 3.05) is 7.11 Å². The first kappa shape index (κ1) is 14.2. The Bertz CT molecular complexity index is 895. The largest absolute Gasteiger partial charge is 0.507 e. The molecule has 0 saturated heterocycles. The van der Waals surface area contributed by atoms with E-state index in [1.807, 2.05) is 33.8 Å². The molecule has 4 rings (SSSR count). The van der Waals surface area contributed by atoms with E-state index < -0.39 is 11.4 Å². The highest BCUT2D eigenvalue weighted by molar-refractivity contribution is 6.19. The Hall–Kier alpha value is -2.43. The molecule has 0 amide bonds. The quantitative estimate of drug-likeness (QED) is 0.645. The van der Waals surface area contributed by atoms with Gasteiger partial charge in [0.15, 0.2) is 11.5 Å². The number of phenolic OH excluding ortho intramolecular Hbond substituents is 1. The van der Waals surface area contributed by atoms with Crippen LogP contribution in [0.1, 0.15) is 42.3 Å². The van der Waals surface area contributed by atoms with Crippen LogP contribution < -0.4 is 14.2 Å². The molecule has 2 aliphatic rings. The van der Waals surface area contributed by atoms with Gasteiger partial charge in [-0.2, -0.15) is 0 Å². The fourth-order valence-electron chi connectivity index (χ4n) is 3.61. The number of carbonyl (C=O) groups is 1. The maximum absolute atomic E-state index is 12.4. The molecule has 0 fully saturated rings. The average Bonchev–Trinajstić information content (AvgIpc) is 2.93. The molecule has 0 spiro atoms. The number of ether oxygens (including phenoxy) is 3. The van der Waals surface area contributed by atoms with E-state index in [2.05, 4.69) is 0 Å². The number of methoxy groups -OCH3 is 1. The topological polar surface area (TPSA) is 65.0 Å². The number of rotatable bonds is 1. The Kier molecular flexibility index (Phi) is 2.53. The number of fused-ring (bicyclic) bond motifs is 2. The highest BCUT2D eigenvalue weighted by atomic mass is 16.6.